The van der Waals surface area contributed by atoms with Crippen molar-refractivity contribution in [3.8, 4) is 17.2 Å². The van der Waals surface area contributed by atoms with Gasteiger partial charge >= 0.3 is 5.63 Å². The first-order chi connectivity index (χ1) is 10.2. The van der Waals surface area contributed by atoms with Crippen molar-refractivity contribution in [2.24, 2.45) is 0 Å². The fourth-order valence-corrected chi connectivity index (χ4v) is 1.97. The van der Waals surface area contributed by atoms with Crippen LogP contribution in [0.25, 0.3) is 11.0 Å². The second-order valence-corrected chi connectivity index (χ2v) is 4.42. The topological polar surface area (TPSA) is 68.9 Å². The predicted octanol–water partition coefficient (Wildman–Crippen LogP) is 3.24. The molecule has 1 aromatic carbocycles. The first-order valence-electron chi connectivity index (χ1n) is 6.79. The second kappa shape index (κ2) is 6.83. The molecule has 1 N–H and O–H groups in total. The van der Waals surface area contributed by atoms with Crippen LogP contribution in [0.5, 0.6) is 17.2 Å². The van der Waals surface area contributed by atoms with E-state index in [9.17, 15) is 9.90 Å². The molecule has 1 aromatic heterocycles. The maximum absolute atomic E-state index is 11.9. The van der Waals surface area contributed by atoms with Crippen molar-refractivity contribution in [1.82, 2.24) is 0 Å². The van der Waals surface area contributed by atoms with Crippen LogP contribution < -0.4 is 15.1 Å². The van der Waals surface area contributed by atoms with Crippen LogP contribution in [0.15, 0.2) is 39.6 Å². The van der Waals surface area contributed by atoms with E-state index >= 15 is 0 Å². The Morgan fingerprint density at radius 2 is 2.14 bits per heavy atom. The lowest BCUT2D eigenvalue weighted by Gasteiger charge is -2.09. The molecule has 2 aromatic rings. The van der Waals surface area contributed by atoms with Crippen molar-refractivity contribution in [3.05, 3.63) is 40.8 Å². The van der Waals surface area contributed by atoms with Gasteiger partial charge in [0.05, 0.1) is 19.1 Å². The zero-order valence-electron chi connectivity index (χ0n) is 12.1. The lowest BCUT2D eigenvalue weighted by molar-refractivity contribution is 0.289. The van der Waals surface area contributed by atoms with Gasteiger partial charge in [-0.3, -0.25) is 0 Å². The summed E-state index contributed by atoms with van der Waals surface area (Å²) in [7, 11) is 1.47. The van der Waals surface area contributed by atoms with Gasteiger partial charge in [-0.05, 0) is 25.0 Å². The van der Waals surface area contributed by atoms with Gasteiger partial charge in [0.1, 0.15) is 0 Å². The van der Waals surface area contributed by atoms with E-state index in [-0.39, 0.29) is 17.1 Å². The number of rotatable bonds is 6. The standard InChI is InChI=1S/C16H18O5/c1-3-4-5-6-10-20-15-13(17)11-8-7-9-12(19-2)14(11)21-16(15)18/h4-5,7-9,17H,3,6,10H2,1-2H3/b5-4+. The number of allylic oxidation sites excluding steroid dienone is 1. The van der Waals surface area contributed by atoms with Crippen molar-refractivity contribution in [1.29, 1.82) is 0 Å². The molecular formula is C16H18O5. The number of hydrogen-bond donors (Lipinski definition) is 1. The van der Waals surface area contributed by atoms with Crippen molar-refractivity contribution in [2.45, 2.75) is 19.8 Å². The zero-order valence-corrected chi connectivity index (χ0v) is 12.1. The number of methoxy groups -OCH3 is 1. The average molecular weight is 290 g/mol. The molecule has 0 amide bonds. The van der Waals surface area contributed by atoms with Crippen LogP contribution in [-0.4, -0.2) is 18.8 Å². The molecular weight excluding hydrogens is 272 g/mol. The van der Waals surface area contributed by atoms with Crippen LogP contribution in [-0.2, 0) is 0 Å². The number of hydrogen-bond acceptors (Lipinski definition) is 5. The van der Waals surface area contributed by atoms with Gasteiger partial charge in [-0.15, -0.1) is 0 Å². The van der Waals surface area contributed by atoms with Gasteiger partial charge in [-0.2, -0.15) is 0 Å². The molecule has 0 saturated carbocycles. The number of fused-ring (bicyclic) bond motifs is 1. The van der Waals surface area contributed by atoms with Crippen LogP contribution >= 0.6 is 0 Å². The molecule has 0 fully saturated rings. The molecule has 0 aliphatic heterocycles. The Kier molecular flexibility index (Phi) is 4.87. The summed E-state index contributed by atoms with van der Waals surface area (Å²) < 4.78 is 15.6. The van der Waals surface area contributed by atoms with E-state index in [0.717, 1.165) is 6.42 Å². The summed E-state index contributed by atoms with van der Waals surface area (Å²) in [5, 5.41) is 10.6. The highest BCUT2D eigenvalue weighted by atomic mass is 16.5. The van der Waals surface area contributed by atoms with Gasteiger partial charge in [0.25, 0.3) is 0 Å². The number of benzene rings is 1. The summed E-state index contributed by atoms with van der Waals surface area (Å²) in [6, 6.07) is 5.00. The molecule has 0 aliphatic carbocycles. The molecule has 5 heteroatoms. The number of para-hydroxylation sites is 1. The minimum atomic E-state index is -0.719. The third-order valence-corrected chi connectivity index (χ3v) is 2.98. The molecule has 2 rings (SSSR count). The van der Waals surface area contributed by atoms with E-state index < -0.39 is 5.63 Å². The van der Waals surface area contributed by atoms with Crippen molar-refractivity contribution in [2.75, 3.05) is 13.7 Å². The molecule has 0 bridgehead atoms. The maximum Gasteiger partial charge on any atom is 0.383 e. The molecule has 0 atom stereocenters. The second-order valence-electron chi connectivity index (χ2n) is 4.42. The van der Waals surface area contributed by atoms with E-state index in [1.807, 2.05) is 19.1 Å². The predicted molar refractivity (Wildman–Crippen MR) is 80.2 cm³/mol. The fraction of sp³-hybridized carbons (Fsp3) is 0.312. The van der Waals surface area contributed by atoms with E-state index in [1.54, 1.807) is 18.2 Å². The summed E-state index contributed by atoms with van der Waals surface area (Å²) in [4.78, 5) is 11.9. The first kappa shape index (κ1) is 15.0. The molecule has 0 radical (unpaired) electrons. The molecule has 21 heavy (non-hydrogen) atoms. The molecule has 0 saturated heterocycles. The average Bonchev–Trinajstić information content (AvgIpc) is 2.49. The van der Waals surface area contributed by atoms with Crippen LogP contribution in [0, 0.1) is 0 Å². The Balaban J connectivity index is 2.33. The van der Waals surface area contributed by atoms with E-state index in [1.165, 1.54) is 7.11 Å². The molecule has 5 nitrogen and oxygen atoms in total. The van der Waals surface area contributed by atoms with Crippen molar-refractivity contribution in [3.63, 3.8) is 0 Å². The summed E-state index contributed by atoms with van der Waals surface area (Å²) in [6.07, 6.45) is 5.58. The lowest BCUT2D eigenvalue weighted by Crippen LogP contribution is -2.08. The summed E-state index contributed by atoms with van der Waals surface area (Å²) in [5.41, 5.74) is -0.510. The SMILES string of the molecule is CC/C=C/CCOc1c(O)c2cccc(OC)c2oc1=O. The first-order valence-corrected chi connectivity index (χ1v) is 6.79. The van der Waals surface area contributed by atoms with Crippen molar-refractivity contribution >= 4 is 11.0 Å². The summed E-state index contributed by atoms with van der Waals surface area (Å²) >= 11 is 0. The zero-order chi connectivity index (χ0) is 15.2. The third-order valence-electron chi connectivity index (χ3n) is 2.98. The van der Waals surface area contributed by atoms with Gasteiger partial charge in [0.15, 0.2) is 17.1 Å². The van der Waals surface area contributed by atoms with E-state index in [0.29, 0.717) is 24.2 Å². The molecule has 112 valence electrons. The summed E-state index contributed by atoms with van der Waals surface area (Å²) in [5.74, 6) is -0.00222. The van der Waals surface area contributed by atoms with Crippen LogP contribution in [0.4, 0.5) is 0 Å². The monoisotopic (exact) mass is 290 g/mol. The number of ether oxygens (including phenoxy) is 2. The van der Waals surface area contributed by atoms with Gasteiger partial charge in [0, 0.05) is 0 Å². The largest absolute Gasteiger partial charge is 0.504 e. The Labute approximate surface area is 122 Å². The lowest BCUT2D eigenvalue weighted by atomic mass is 10.2. The molecule has 0 unspecified atom stereocenters. The number of aromatic hydroxyl groups is 1. The minimum Gasteiger partial charge on any atom is -0.504 e. The fourth-order valence-electron chi connectivity index (χ4n) is 1.97. The van der Waals surface area contributed by atoms with Crippen LogP contribution in [0.1, 0.15) is 19.8 Å². The smallest absolute Gasteiger partial charge is 0.383 e. The van der Waals surface area contributed by atoms with E-state index in [2.05, 4.69) is 0 Å². The van der Waals surface area contributed by atoms with Gasteiger partial charge in [-0.1, -0.05) is 25.1 Å². The van der Waals surface area contributed by atoms with Crippen molar-refractivity contribution < 1.29 is 19.0 Å². The van der Waals surface area contributed by atoms with Gasteiger partial charge in [-0.25, -0.2) is 4.79 Å². The Hall–Kier alpha value is -2.43. The van der Waals surface area contributed by atoms with Crippen LogP contribution in [0.2, 0.25) is 0 Å². The van der Waals surface area contributed by atoms with Gasteiger partial charge in [0.2, 0.25) is 5.75 Å². The molecule has 0 spiro atoms. The summed E-state index contributed by atoms with van der Waals surface area (Å²) in [6.45, 7) is 2.33. The van der Waals surface area contributed by atoms with E-state index in [4.69, 9.17) is 13.9 Å². The highest BCUT2D eigenvalue weighted by Gasteiger charge is 2.17. The van der Waals surface area contributed by atoms with Crippen LogP contribution in [0.3, 0.4) is 0 Å². The maximum atomic E-state index is 11.9. The molecule has 1 heterocycles. The highest BCUT2D eigenvalue weighted by Crippen LogP contribution is 2.35. The van der Waals surface area contributed by atoms with Gasteiger partial charge < -0.3 is 19.0 Å². The Bertz CT molecular complexity index is 700. The Morgan fingerprint density at radius 3 is 2.86 bits per heavy atom. The highest BCUT2D eigenvalue weighted by molar-refractivity contribution is 5.89. The molecule has 0 aliphatic rings. The minimum absolute atomic E-state index is 0.166. The normalized spacial score (nSPS) is 11.1. The quantitative estimate of drug-likeness (QED) is 0.502. The Morgan fingerprint density at radius 1 is 1.33 bits per heavy atom. The third kappa shape index (κ3) is 3.18.